The normalized spacial score (nSPS) is 10.9. The van der Waals surface area contributed by atoms with Gasteiger partial charge in [-0.15, -0.1) is 11.3 Å². The average Bonchev–Trinajstić information content (AvgIpc) is 3.06. The predicted molar refractivity (Wildman–Crippen MR) is 109 cm³/mol. The zero-order valence-corrected chi connectivity index (χ0v) is 18.0. The van der Waals surface area contributed by atoms with Crippen molar-refractivity contribution in [2.24, 2.45) is 0 Å². The lowest BCUT2D eigenvalue weighted by Crippen LogP contribution is -2.22. The van der Waals surface area contributed by atoms with Crippen LogP contribution in [0.5, 0.6) is 0 Å². The molecule has 0 aliphatic heterocycles. The van der Waals surface area contributed by atoms with Crippen LogP contribution >= 0.6 is 11.3 Å². The smallest absolute Gasteiger partial charge is 0.416 e. The maximum atomic E-state index is 12.6. The molecule has 172 valence electrons. The van der Waals surface area contributed by atoms with E-state index in [4.69, 9.17) is 9.47 Å². The van der Waals surface area contributed by atoms with Gasteiger partial charge in [0.25, 0.3) is 11.8 Å². The number of anilines is 1. The molecule has 2 rings (SSSR count). The summed E-state index contributed by atoms with van der Waals surface area (Å²) in [6, 6.07) is 3.30. The monoisotopic (exact) mass is 472 g/mol. The van der Waals surface area contributed by atoms with Crippen LogP contribution in [0.1, 0.15) is 48.4 Å². The molecule has 0 atom stereocenters. The lowest BCUT2D eigenvalue weighted by Gasteiger charge is -2.09. The molecule has 8 nitrogen and oxygen atoms in total. The number of rotatable bonds is 7. The molecule has 0 spiro atoms. The second-order valence-corrected chi connectivity index (χ2v) is 7.28. The topological polar surface area (TPSA) is 111 Å². The Labute approximate surface area is 184 Å². The lowest BCUT2D eigenvalue weighted by molar-refractivity contribution is -0.137. The van der Waals surface area contributed by atoms with Crippen LogP contribution in [0, 0.1) is 6.92 Å². The van der Waals surface area contributed by atoms with E-state index in [1.54, 1.807) is 6.92 Å². The van der Waals surface area contributed by atoms with Gasteiger partial charge in [0.2, 0.25) is 0 Å². The van der Waals surface area contributed by atoms with Gasteiger partial charge in [0, 0.05) is 7.05 Å². The van der Waals surface area contributed by atoms with Gasteiger partial charge in [0.15, 0.2) is 6.61 Å². The number of alkyl halides is 3. The van der Waals surface area contributed by atoms with Crippen LogP contribution in [0.25, 0.3) is 0 Å². The van der Waals surface area contributed by atoms with Gasteiger partial charge in [-0.05, 0) is 43.7 Å². The van der Waals surface area contributed by atoms with Crippen molar-refractivity contribution in [1.29, 1.82) is 0 Å². The first-order valence-corrected chi connectivity index (χ1v) is 9.98. The number of hydrogen-bond donors (Lipinski definition) is 2. The summed E-state index contributed by atoms with van der Waals surface area (Å²) in [6.07, 6.45) is -4.55. The second kappa shape index (κ2) is 10.3. The quantitative estimate of drug-likeness (QED) is 0.598. The Kier molecular flexibility index (Phi) is 7.97. The first-order valence-electron chi connectivity index (χ1n) is 9.16. The highest BCUT2D eigenvalue weighted by molar-refractivity contribution is 7.18. The van der Waals surface area contributed by atoms with E-state index in [9.17, 15) is 32.3 Å². The van der Waals surface area contributed by atoms with E-state index in [1.165, 1.54) is 14.0 Å². The number of amides is 2. The summed E-state index contributed by atoms with van der Waals surface area (Å²) < 4.78 is 47.6. The van der Waals surface area contributed by atoms with Gasteiger partial charge in [0.05, 0.1) is 28.2 Å². The standard InChI is InChI=1S/C20H19F3N2O6S/c1-4-30-19(29)14-10(2)15(16(27)24-3)32-17(14)25-13(26)9-31-18(28)11-5-7-12(8-6-11)20(21,22)23/h5-8H,4,9H2,1-3H3,(H,24,27)(H,25,26). The number of hydrogen-bond acceptors (Lipinski definition) is 7. The van der Waals surface area contributed by atoms with Crippen LogP contribution in [-0.2, 0) is 20.4 Å². The van der Waals surface area contributed by atoms with Gasteiger partial charge in [0.1, 0.15) is 5.00 Å². The van der Waals surface area contributed by atoms with Crippen molar-refractivity contribution in [3.8, 4) is 0 Å². The fourth-order valence-corrected chi connectivity index (χ4v) is 3.71. The molecule has 2 aromatic rings. The Hall–Kier alpha value is -3.41. The van der Waals surface area contributed by atoms with Crippen LogP contribution in [0.15, 0.2) is 24.3 Å². The first kappa shape index (κ1) is 24.9. The van der Waals surface area contributed by atoms with Crippen LogP contribution in [0.3, 0.4) is 0 Å². The third kappa shape index (κ3) is 5.84. The molecule has 32 heavy (non-hydrogen) atoms. The molecule has 0 bridgehead atoms. The highest BCUT2D eigenvalue weighted by atomic mass is 32.1. The van der Waals surface area contributed by atoms with Crippen molar-refractivity contribution in [1.82, 2.24) is 5.32 Å². The molecular weight excluding hydrogens is 453 g/mol. The van der Waals surface area contributed by atoms with Crippen LogP contribution < -0.4 is 10.6 Å². The zero-order valence-electron chi connectivity index (χ0n) is 17.2. The number of esters is 2. The second-order valence-electron chi connectivity index (χ2n) is 6.26. The van der Waals surface area contributed by atoms with Gasteiger partial charge in [-0.1, -0.05) is 0 Å². The van der Waals surface area contributed by atoms with Crippen molar-refractivity contribution in [3.63, 3.8) is 0 Å². The molecule has 0 radical (unpaired) electrons. The van der Waals surface area contributed by atoms with E-state index in [0.29, 0.717) is 5.56 Å². The maximum Gasteiger partial charge on any atom is 0.416 e. The Bertz CT molecular complexity index is 1030. The third-order valence-corrected chi connectivity index (χ3v) is 5.30. The SMILES string of the molecule is CCOC(=O)c1c(NC(=O)COC(=O)c2ccc(C(F)(F)F)cc2)sc(C(=O)NC)c1C. The largest absolute Gasteiger partial charge is 0.462 e. The number of ether oxygens (including phenoxy) is 2. The van der Waals surface area contributed by atoms with Crippen molar-refractivity contribution >= 4 is 40.1 Å². The highest BCUT2D eigenvalue weighted by Crippen LogP contribution is 2.34. The van der Waals surface area contributed by atoms with Crippen LogP contribution in [-0.4, -0.2) is 44.0 Å². The molecule has 0 aliphatic rings. The number of nitrogens with one attached hydrogen (secondary N) is 2. The number of carbonyl (C=O) groups is 4. The molecule has 0 aliphatic carbocycles. The molecule has 0 unspecified atom stereocenters. The average molecular weight is 472 g/mol. The van der Waals surface area contributed by atoms with Crippen LogP contribution in [0.4, 0.5) is 18.2 Å². The fraction of sp³-hybridized carbons (Fsp3) is 0.300. The van der Waals surface area contributed by atoms with Gasteiger partial charge in [-0.3, -0.25) is 9.59 Å². The summed E-state index contributed by atoms with van der Waals surface area (Å²) in [5.41, 5.74) is -0.798. The molecule has 0 saturated heterocycles. The Balaban J connectivity index is 2.11. The van der Waals surface area contributed by atoms with E-state index < -0.39 is 42.1 Å². The molecule has 0 saturated carbocycles. The summed E-state index contributed by atoms with van der Waals surface area (Å²) in [4.78, 5) is 48.7. The Morgan fingerprint density at radius 3 is 2.19 bits per heavy atom. The van der Waals surface area contributed by atoms with Crippen molar-refractivity contribution < 1.29 is 41.8 Å². The van der Waals surface area contributed by atoms with E-state index >= 15 is 0 Å². The summed E-state index contributed by atoms with van der Waals surface area (Å²) in [5.74, 6) is -3.03. The molecular formula is C20H19F3N2O6S. The lowest BCUT2D eigenvalue weighted by atomic mass is 10.1. The molecule has 12 heteroatoms. The van der Waals surface area contributed by atoms with Gasteiger partial charge in [-0.25, -0.2) is 9.59 Å². The summed E-state index contributed by atoms with van der Waals surface area (Å²) in [5, 5.41) is 4.86. The minimum Gasteiger partial charge on any atom is -0.462 e. The van der Waals surface area contributed by atoms with Crippen LogP contribution in [0.2, 0.25) is 0 Å². The number of benzene rings is 1. The van der Waals surface area contributed by atoms with E-state index in [-0.39, 0.29) is 27.6 Å². The zero-order chi connectivity index (χ0) is 24.1. The van der Waals surface area contributed by atoms with E-state index in [1.807, 2.05) is 0 Å². The van der Waals surface area contributed by atoms with Gasteiger partial charge < -0.3 is 20.1 Å². The number of carbonyl (C=O) groups excluding carboxylic acids is 4. The maximum absolute atomic E-state index is 12.6. The molecule has 1 heterocycles. The summed E-state index contributed by atoms with van der Waals surface area (Å²) >= 11 is 0.844. The van der Waals surface area contributed by atoms with Crippen molar-refractivity contribution in [2.45, 2.75) is 20.0 Å². The van der Waals surface area contributed by atoms with Gasteiger partial charge in [-0.2, -0.15) is 13.2 Å². The third-order valence-electron chi connectivity index (χ3n) is 4.09. The molecule has 2 amide bonds. The molecule has 1 aromatic heterocycles. The van der Waals surface area contributed by atoms with E-state index in [2.05, 4.69) is 10.6 Å². The Morgan fingerprint density at radius 2 is 1.66 bits per heavy atom. The molecule has 2 N–H and O–H groups in total. The number of thiophene rings is 1. The molecule has 0 fully saturated rings. The summed E-state index contributed by atoms with van der Waals surface area (Å²) in [7, 11) is 1.41. The number of halogens is 3. The highest BCUT2D eigenvalue weighted by Gasteiger charge is 2.30. The first-order chi connectivity index (χ1) is 15.0. The molecule has 1 aromatic carbocycles. The Morgan fingerprint density at radius 1 is 1.03 bits per heavy atom. The van der Waals surface area contributed by atoms with Crippen molar-refractivity contribution in [2.75, 3.05) is 25.6 Å². The summed E-state index contributed by atoms with van der Waals surface area (Å²) in [6.45, 7) is 2.42. The predicted octanol–water partition coefficient (Wildman–Crippen LogP) is 3.41. The van der Waals surface area contributed by atoms with E-state index in [0.717, 1.165) is 35.6 Å². The minimum absolute atomic E-state index is 0.00198. The van der Waals surface area contributed by atoms with Gasteiger partial charge >= 0.3 is 18.1 Å². The minimum atomic E-state index is -4.55. The fourth-order valence-electron chi connectivity index (χ4n) is 2.55. The van der Waals surface area contributed by atoms with Crippen molar-refractivity contribution in [3.05, 3.63) is 51.4 Å².